The molecule has 0 aliphatic carbocycles. The highest BCUT2D eigenvalue weighted by atomic mass is 16.6. The second-order valence-corrected chi connectivity index (χ2v) is 7.10. The second kappa shape index (κ2) is 4.96. The van der Waals surface area contributed by atoms with Gasteiger partial charge in [0.2, 0.25) is 0 Å². The summed E-state index contributed by atoms with van der Waals surface area (Å²) in [6.07, 6.45) is 5.55. The molecule has 0 amide bonds. The Hall–Kier alpha value is -1.12. The van der Waals surface area contributed by atoms with Crippen molar-refractivity contribution in [3.05, 3.63) is 47.0 Å². The first-order chi connectivity index (χ1) is 9.86. The average Bonchev–Trinajstić information content (AvgIpc) is 2.90. The van der Waals surface area contributed by atoms with Gasteiger partial charge in [-0.25, -0.2) is 0 Å². The normalized spacial score (nSPS) is 34.1. The van der Waals surface area contributed by atoms with Crippen molar-refractivity contribution in [2.75, 3.05) is 0 Å². The van der Waals surface area contributed by atoms with Gasteiger partial charge < -0.3 is 9.47 Å². The molecular weight excluding hydrogens is 260 g/mol. The summed E-state index contributed by atoms with van der Waals surface area (Å²) in [6.45, 7) is 11.6. The zero-order chi connectivity index (χ0) is 15.3. The Bertz CT molecular complexity index is 555. The highest BCUT2D eigenvalue weighted by molar-refractivity contribution is 5.33. The Kier molecular flexibility index (Phi) is 3.50. The first-order valence-electron chi connectivity index (χ1n) is 7.93. The molecule has 2 aliphatic rings. The molecule has 0 N–H and O–H groups in total. The van der Waals surface area contributed by atoms with Crippen molar-refractivity contribution in [1.29, 1.82) is 0 Å². The van der Waals surface area contributed by atoms with Gasteiger partial charge >= 0.3 is 0 Å². The predicted molar refractivity (Wildman–Crippen MR) is 85.3 cm³/mol. The van der Waals surface area contributed by atoms with Gasteiger partial charge in [-0.15, -0.1) is 0 Å². The standard InChI is InChI=1S/C19H26O2/c1-13(2)19-10-9-18(5,21-19)17(11-19)20-12-16-14(3)7-6-8-15(16)4/h6-10,13,17H,11-12H2,1-5H3/t17-,18+,19-/m1/s1. The number of ether oxygens (including phenoxy) is 2. The van der Waals surface area contributed by atoms with E-state index < -0.39 is 0 Å². The monoisotopic (exact) mass is 286 g/mol. The van der Waals surface area contributed by atoms with Crippen molar-refractivity contribution in [2.45, 2.75) is 65.0 Å². The molecule has 0 aromatic heterocycles. The van der Waals surface area contributed by atoms with E-state index in [0.29, 0.717) is 12.5 Å². The number of hydrogen-bond donors (Lipinski definition) is 0. The summed E-state index contributed by atoms with van der Waals surface area (Å²) in [7, 11) is 0. The molecule has 114 valence electrons. The Morgan fingerprint density at radius 1 is 1.24 bits per heavy atom. The molecule has 0 radical (unpaired) electrons. The van der Waals surface area contributed by atoms with Crippen LogP contribution in [0.2, 0.25) is 0 Å². The number of fused-ring (bicyclic) bond motifs is 2. The fourth-order valence-corrected chi connectivity index (χ4v) is 3.59. The molecule has 1 aromatic carbocycles. The number of benzene rings is 1. The van der Waals surface area contributed by atoms with Crippen LogP contribution >= 0.6 is 0 Å². The van der Waals surface area contributed by atoms with Gasteiger partial charge in [0.25, 0.3) is 0 Å². The summed E-state index contributed by atoms with van der Waals surface area (Å²) >= 11 is 0. The minimum absolute atomic E-state index is 0.125. The minimum atomic E-state index is -0.263. The molecule has 1 saturated heterocycles. The van der Waals surface area contributed by atoms with Crippen LogP contribution in [-0.4, -0.2) is 17.3 Å². The zero-order valence-electron chi connectivity index (χ0n) is 13.8. The molecule has 0 unspecified atom stereocenters. The summed E-state index contributed by atoms with van der Waals surface area (Å²) in [5.74, 6) is 0.476. The van der Waals surface area contributed by atoms with E-state index in [1.807, 2.05) is 0 Å². The fourth-order valence-electron chi connectivity index (χ4n) is 3.59. The quantitative estimate of drug-likeness (QED) is 0.767. The lowest BCUT2D eigenvalue weighted by atomic mass is 9.81. The largest absolute Gasteiger partial charge is 0.370 e. The fraction of sp³-hybridized carbons (Fsp3) is 0.579. The van der Waals surface area contributed by atoms with Crippen LogP contribution in [-0.2, 0) is 16.1 Å². The van der Waals surface area contributed by atoms with Crippen molar-refractivity contribution in [3.63, 3.8) is 0 Å². The molecule has 3 atom stereocenters. The van der Waals surface area contributed by atoms with E-state index in [9.17, 15) is 0 Å². The third-order valence-corrected chi connectivity index (χ3v) is 5.30. The van der Waals surface area contributed by atoms with Crippen LogP contribution in [0.5, 0.6) is 0 Å². The van der Waals surface area contributed by atoms with Crippen molar-refractivity contribution in [3.8, 4) is 0 Å². The maximum atomic E-state index is 6.33. The van der Waals surface area contributed by atoms with Gasteiger partial charge in [-0.3, -0.25) is 0 Å². The summed E-state index contributed by atoms with van der Waals surface area (Å²) in [6, 6.07) is 6.41. The van der Waals surface area contributed by atoms with Gasteiger partial charge in [-0.1, -0.05) is 44.2 Å². The maximum Gasteiger partial charge on any atom is 0.111 e. The van der Waals surface area contributed by atoms with E-state index in [0.717, 1.165) is 6.42 Å². The van der Waals surface area contributed by atoms with Crippen LogP contribution in [0, 0.1) is 19.8 Å². The maximum absolute atomic E-state index is 6.33. The molecule has 1 aromatic rings. The summed E-state index contributed by atoms with van der Waals surface area (Å²) in [5, 5.41) is 0. The first kappa shape index (κ1) is 14.8. The SMILES string of the molecule is Cc1cccc(C)c1CO[C@@H]1C[C@@]2(C(C)C)C=C[C@]1(C)O2. The molecule has 0 spiro atoms. The van der Waals surface area contributed by atoms with Crippen LogP contribution in [0.15, 0.2) is 30.4 Å². The molecule has 3 rings (SSSR count). The highest BCUT2D eigenvalue weighted by Crippen LogP contribution is 2.50. The summed E-state index contributed by atoms with van der Waals surface area (Å²) in [4.78, 5) is 0. The third-order valence-electron chi connectivity index (χ3n) is 5.30. The van der Waals surface area contributed by atoms with Gasteiger partial charge in [0.05, 0.1) is 18.3 Å². The zero-order valence-corrected chi connectivity index (χ0v) is 13.8. The van der Waals surface area contributed by atoms with Crippen molar-refractivity contribution >= 4 is 0 Å². The van der Waals surface area contributed by atoms with Crippen LogP contribution in [0.3, 0.4) is 0 Å². The van der Waals surface area contributed by atoms with Crippen LogP contribution in [0.1, 0.15) is 43.9 Å². The number of rotatable bonds is 4. The Labute approximate surface area is 128 Å². The van der Waals surface area contributed by atoms with E-state index in [1.54, 1.807) is 0 Å². The smallest absolute Gasteiger partial charge is 0.111 e. The van der Waals surface area contributed by atoms with Crippen molar-refractivity contribution in [2.24, 2.45) is 5.92 Å². The van der Waals surface area contributed by atoms with E-state index in [2.05, 4.69) is 65.0 Å². The molecule has 2 heteroatoms. The Morgan fingerprint density at radius 2 is 1.90 bits per heavy atom. The summed E-state index contributed by atoms with van der Waals surface area (Å²) in [5.41, 5.74) is 3.53. The third kappa shape index (κ3) is 2.35. The van der Waals surface area contributed by atoms with Crippen LogP contribution < -0.4 is 0 Å². The molecule has 1 fully saturated rings. The molecule has 0 saturated carbocycles. The Balaban J connectivity index is 1.74. The van der Waals surface area contributed by atoms with E-state index in [1.165, 1.54) is 16.7 Å². The first-order valence-corrected chi connectivity index (χ1v) is 7.93. The predicted octanol–water partition coefficient (Wildman–Crippen LogP) is 4.33. The van der Waals surface area contributed by atoms with E-state index in [-0.39, 0.29) is 17.3 Å². The van der Waals surface area contributed by atoms with Gasteiger partial charge in [0.1, 0.15) is 5.60 Å². The second-order valence-electron chi connectivity index (χ2n) is 7.10. The molecule has 21 heavy (non-hydrogen) atoms. The van der Waals surface area contributed by atoms with E-state index in [4.69, 9.17) is 9.47 Å². The minimum Gasteiger partial charge on any atom is -0.370 e. The summed E-state index contributed by atoms with van der Waals surface area (Å²) < 4.78 is 12.6. The van der Waals surface area contributed by atoms with Gasteiger partial charge in [-0.05, 0) is 43.4 Å². The molecule has 2 heterocycles. The van der Waals surface area contributed by atoms with Gasteiger partial charge in [-0.2, -0.15) is 0 Å². The molecular formula is C19H26O2. The van der Waals surface area contributed by atoms with Crippen molar-refractivity contribution in [1.82, 2.24) is 0 Å². The average molecular weight is 286 g/mol. The lowest BCUT2D eigenvalue weighted by Gasteiger charge is -2.28. The number of hydrogen-bond acceptors (Lipinski definition) is 2. The van der Waals surface area contributed by atoms with Gasteiger partial charge in [0, 0.05) is 6.42 Å². The van der Waals surface area contributed by atoms with Gasteiger partial charge in [0.15, 0.2) is 0 Å². The van der Waals surface area contributed by atoms with Crippen molar-refractivity contribution < 1.29 is 9.47 Å². The van der Waals surface area contributed by atoms with E-state index >= 15 is 0 Å². The number of aryl methyl sites for hydroxylation is 2. The Morgan fingerprint density at radius 3 is 2.48 bits per heavy atom. The lowest BCUT2D eigenvalue weighted by Crippen LogP contribution is -2.35. The molecule has 2 aliphatic heterocycles. The van der Waals surface area contributed by atoms with Crippen LogP contribution in [0.4, 0.5) is 0 Å². The topological polar surface area (TPSA) is 18.5 Å². The highest BCUT2D eigenvalue weighted by Gasteiger charge is 2.57. The lowest BCUT2D eigenvalue weighted by molar-refractivity contribution is -0.0821. The molecule has 2 nitrogen and oxygen atoms in total. The van der Waals surface area contributed by atoms with Crippen LogP contribution in [0.25, 0.3) is 0 Å². The molecule has 2 bridgehead atoms.